The highest BCUT2D eigenvalue weighted by Crippen LogP contribution is 2.17. The van der Waals surface area contributed by atoms with Crippen molar-refractivity contribution >= 4 is 11.3 Å². The molecule has 19 heavy (non-hydrogen) atoms. The largest absolute Gasteiger partial charge is 0.491 e. The van der Waals surface area contributed by atoms with Crippen molar-refractivity contribution in [2.24, 2.45) is 0 Å². The summed E-state index contributed by atoms with van der Waals surface area (Å²) < 4.78 is 11.2. The average Bonchev–Trinajstić information content (AvgIpc) is 2.88. The SMILES string of the molecule is CNCc1ccc(COCCOc2ccccc2)s1. The number of benzene rings is 1. The standard InChI is InChI=1S/C15H19NO2S/c1-16-11-14-7-8-15(19-14)12-17-9-10-18-13-5-3-2-4-6-13/h2-8,16H,9-12H2,1H3. The zero-order valence-corrected chi connectivity index (χ0v) is 11.9. The fraction of sp³-hybridized carbons (Fsp3) is 0.333. The Morgan fingerprint density at radius 2 is 1.79 bits per heavy atom. The quantitative estimate of drug-likeness (QED) is 0.752. The van der Waals surface area contributed by atoms with Crippen molar-refractivity contribution in [3.8, 4) is 5.75 Å². The minimum Gasteiger partial charge on any atom is -0.491 e. The predicted octanol–water partition coefficient (Wildman–Crippen LogP) is 3.06. The lowest BCUT2D eigenvalue weighted by Gasteiger charge is -2.06. The van der Waals surface area contributed by atoms with Crippen LogP contribution in [0, 0.1) is 0 Å². The van der Waals surface area contributed by atoms with Gasteiger partial charge < -0.3 is 14.8 Å². The Hall–Kier alpha value is -1.36. The van der Waals surface area contributed by atoms with Gasteiger partial charge in [-0.1, -0.05) is 18.2 Å². The van der Waals surface area contributed by atoms with Crippen molar-refractivity contribution in [3.05, 3.63) is 52.2 Å². The van der Waals surface area contributed by atoms with E-state index >= 15 is 0 Å². The highest BCUT2D eigenvalue weighted by atomic mass is 32.1. The molecule has 0 saturated carbocycles. The van der Waals surface area contributed by atoms with Crippen LogP contribution in [0.1, 0.15) is 9.75 Å². The summed E-state index contributed by atoms with van der Waals surface area (Å²) in [5.74, 6) is 0.888. The Kier molecular flexibility index (Phi) is 5.88. The highest BCUT2D eigenvalue weighted by Gasteiger charge is 1.99. The van der Waals surface area contributed by atoms with Crippen molar-refractivity contribution in [2.45, 2.75) is 13.2 Å². The molecule has 1 aromatic carbocycles. The van der Waals surface area contributed by atoms with Crippen LogP contribution in [-0.4, -0.2) is 20.3 Å². The number of para-hydroxylation sites is 1. The molecule has 0 amide bonds. The number of hydrogen-bond acceptors (Lipinski definition) is 4. The zero-order valence-electron chi connectivity index (χ0n) is 11.1. The molecule has 1 aromatic heterocycles. The van der Waals surface area contributed by atoms with Crippen molar-refractivity contribution in [1.82, 2.24) is 5.32 Å². The van der Waals surface area contributed by atoms with Crippen LogP contribution < -0.4 is 10.1 Å². The summed E-state index contributed by atoms with van der Waals surface area (Å²) in [6.07, 6.45) is 0. The number of nitrogens with one attached hydrogen (secondary N) is 1. The highest BCUT2D eigenvalue weighted by molar-refractivity contribution is 7.11. The lowest BCUT2D eigenvalue weighted by Crippen LogP contribution is -2.06. The Bertz CT molecular complexity index is 470. The van der Waals surface area contributed by atoms with Gasteiger partial charge in [0.15, 0.2) is 0 Å². The van der Waals surface area contributed by atoms with Crippen LogP contribution in [-0.2, 0) is 17.9 Å². The zero-order chi connectivity index (χ0) is 13.3. The van der Waals surface area contributed by atoms with Crippen LogP contribution in [0.2, 0.25) is 0 Å². The van der Waals surface area contributed by atoms with E-state index in [-0.39, 0.29) is 0 Å². The van der Waals surface area contributed by atoms with Crippen LogP contribution in [0.4, 0.5) is 0 Å². The van der Waals surface area contributed by atoms with Gasteiger partial charge in [0, 0.05) is 16.3 Å². The van der Waals surface area contributed by atoms with Gasteiger partial charge in [-0.15, -0.1) is 11.3 Å². The summed E-state index contributed by atoms with van der Waals surface area (Å²) in [5.41, 5.74) is 0. The fourth-order valence-electron chi connectivity index (χ4n) is 1.68. The molecule has 0 fully saturated rings. The van der Waals surface area contributed by atoms with Crippen LogP contribution >= 0.6 is 11.3 Å². The molecule has 0 saturated heterocycles. The van der Waals surface area contributed by atoms with Crippen molar-refractivity contribution < 1.29 is 9.47 Å². The Balaban J connectivity index is 1.61. The van der Waals surface area contributed by atoms with Gasteiger partial charge >= 0.3 is 0 Å². The van der Waals surface area contributed by atoms with Gasteiger partial charge in [0.2, 0.25) is 0 Å². The van der Waals surface area contributed by atoms with Crippen LogP contribution in [0.3, 0.4) is 0 Å². The molecule has 0 aliphatic heterocycles. The first-order chi connectivity index (χ1) is 9.38. The molecular formula is C15H19NO2S. The average molecular weight is 277 g/mol. The van der Waals surface area contributed by atoms with Crippen molar-refractivity contribution in [3.63, 3.8) is 0 Å². The van der Waals surface area contributed by atoms with E-state index in [2.05, 4.69) is 17.4 Å². The first-order valence-corrected chi connectivity index (χ1v) is 7.18. The predicted molar refractivity (Wildman–Crippen MR) is 78.7 cm³/mol. The van der Waals surface area contributed by atoms with Gasteiger partial charge in [0.25, 0.3) is 0 Å². The van der Waals surface area contributed by atoms with Gasteiger partial charge in [0.1, 0.15) is 12.4 Å². The van der Waals surface area contributed by atoms with Crippen LogP contribution in [0.15, 0.2) is 42.5 Å². The maximum absolute atomic E-state index is 5.60. The van der Waals surface area contributed by atoms with Gasteiger partial charge in [-0.05, 0) is 31.3 Å². The smallest absolute Gasteiger partial charge is 0.119 e. The minimum absolute atomic E-state index is 0.582. The van der Waals surface area contributed by atoms with Crippen LogP contribution in [0.25, 0.3) is 0 Å². The molecule has 0 aliphatic carbocycles. The molecule has 102 valence electrons. The maximum Gasteiger partial charge on any atom is 0.119 e. The molecule has 0 bridgehead atoms. The Morgan fingerprint density at radius 1 is 1.00 bits per heavy atom. The molecule has 0 atom stereocenters. The summed E-state index contributed by atoms with van der Waals surface area (Å²) in [5, 5.41) is 3.14. The number of hydrogen-bond donors (Lipinski definition) is 1. The minimum atomic E-state index is 0.582. The Morgan fingerprint density at radius 3 is 2.58 bits per heavy atom. The normalized spacial score (nSPS) is 10.6. The molecule has 2 aromatic rings. The fourth-order valence-corrected chi connectivity index (χ4v) is 2.64. The Labute approximate surface area is 118 Å². The first-order valence-electron chi connectivity index (χ1n) is 6.36. The molecule has 0 aliphatic rings. The van der Waals surface area contributed by atoms with E-state index in [1.165, 1.54) is 9.75 Å². The third-order valence-corrected chi connectivity index (χ3v) is 3.61. The first kappa shape index (κ1) is 14.1. The molecule has 0 radical (unpaired) electrons. The second-order valence-electron chi connectivity index (χ2n) is 4.11. The summed E-state index contributed by atoms with van der Waals surface area (Å²) >= 11 is 1.78. The van der Waals surface area contributed by atoms with E-state index in [1.54, 1.807) is 11.3 Å². The molecule has 3 nitrogen and oxygen atoms in total. The molecule has 2 rings (SSSR count). The van der Waals surface area contributed by atoms with Crippen molar-refractivity contribution in [2.75, 3.05) is 20.3 Å². The number of rotatable bonds is 8. The summed E-state index contributed by atoms with van der Waals surface area (Å²) in [7, 11) is 1.96. The van der Waals surface area contributed by atoms with E-state index < -0.39 is 0 Å². The molecular weight excluding hydrogens is 258 g/mol. The third kappa shape index (κ3) is 5.03. The van der Waals surface area contributed by atoms with Crippen LogP contribution in [0.5, 0.6) is 5.75 Å². The van der Waals surface area contributed by atoms with Gasteiger partial charge in [-0.25, -0.2) is 0 Å². The molecule has 4 heteroatoms. The maximum atomic E-state index is 5.60. The topological polar surface area (TPSA) is 30.5 Å². The third-order valence-electron chi connectivity index (χ3n) is 2.55. The second kappa shape index (κ2) is 7.94. The van der Waals surface area contributed by atoms with E-state index in [1.807, 2.05) is 37.4 Å². The van der Waals surface area contributed by atoms with E-state index in [0.29, 0.717) is 19.8 Å². The van der Waals surface area contributed by atoms with Gasteiger partial charge in [-0.2, -0.15) is 0 Å². The van der Waals surface area contributed by atoms with E-state index in [9.17, 15) is 0 Å². The molecule has 0 unspecified atom stereocenters. The molecule has 0 spiro atoms. The summed E-state index contributed by atoms with van der Waals surface area (Å²) in [6.45, 7) is 2.77. The lowest BCUT2D eigenvalue weighted by molar-refractivity contribution is 0.0905. The lowest BCUT2D eigenvalue weighted by atomic mass is 10.3. The second-order valence-corrected chi connectivity index (χ2v) is 5.37. The molecule has 1 heterocycles. The monoisotopic (exact) mass is 277 g/mol. The van der Waals surface area contributed by atoms with E-state index in [4.69, 9.17) is 9.47 Å². The van der Waals surface area contributed by atoms with Gasteiger partial charge in [-0.3, -0.25) is 0 Å². The summed E-state index contributed by atoms with van der Waals surface area (Å²) in [6, 6.07) is 14.1. The number of ether oxygens (including phenoxy) is 2. The van der Waals surface area contributed by atoms with E-state index in [0.717, 1.165) is 12.3 Å². The summed E-state index contributed by atoms with van der Waals surface area (Å²) in [4.78, 5) is 2.59. The number of thiophene rings is 1. The molecule has 1 N–H and O–H groups in total. The van der Waals surface area contributed by atoms with Gasteiger partial charge in [0.05, 0.1) is 13.2 Å². The van der Waals surface area contributed by atoms with Crippen molar-refractivity contribution in [1.29, 1.82) is 0 Å².